The van der Waals surface area contributed by atoms with Crippen molar-refractivity contribution in [2.45, 2.75) is 26.0 Å². The number of aryl methyl sites for hydroxylation is 1. The first-order chi connectivity index (χ1) is 8.97. The molecule has 5 heteroatoms. The second-order valence-electron chi connectivity index (χ2n) is 4.47. The Labute approximate surface area is 130 Å². The van der Waals surface area contributed by atoms with Crippen LogP contribution in [-0.4, -0.2) is 6.04 Å². The van der Waals surface area contributed by atoms with Gasteiger partial charge in [-0.25, -0.2) is 0 Å². The molecule has 0 saturated carbocycles. The number of benzene rings is 1. The fraction of sp³-hybridized carbons (Fsp3) is 0.286. The summed E-state index contributed by atoms with van der Waals surface area (Å²) in [6.45, 7) is 3.97. The Morgan fingerprint density at radius 1 is 1.32 bits per heavy atom. The molecule has 19 heavy (non-hydrogen) atoms. The zero-order chi connectivity index (χ0) is 14.0. The van der Waals surface area contributed by atoms with Crippen molar-refractivity contribution in [1.82, 2.24) is 0 Å². The Balaban J connectivity index is 2.26. The average molecular weight is 361 g/mol. The standard InChI is InChI=1S/C14H15BrClNOS/c1-8-3-4-11(10(15)7-8)18-14(9(2)17)12-5-6-13(16)19-12/h3-7,9,14H,17H2,1-2H3. The van der Waals surface area contributed by atoms with Gasteiger partial charge >= 0.3 is 0 Å². The highest BCUT2D eigenvalue weighted by Gasteiger charge is 2.21. The van der Waals surface area contributed by atoms with E-state index in [9.17, 15) is 0 Å². The molecular weight excluding hydrogens is 346 g/mol. The number of hydrogen-bond acceptors (Lipinski definition) is 3. The smallest absolute Gasteiger partial charge is 0.148 e. The molecular formula is C14H15BrClNOS. The molecule has 2 N–H and O–H groups in total. The third-order valence-electron chi connectivity index (χ3n) is 2.69. The number of ether oxygens (including phenoxy) is 1. The summed E-state index contributed by atoms with van der Waals surface area (Å²) < 4.78 is 7.72. The van der Waals surface area contributed by atoms with Crippen LogP contribution >= 0.6 is 38.9 Å². The Bertz CT molecular complexity index is 570. The number of thiophene rings is 1. The predicted molar refractivity (Wildman–Crippen MR) is 85.2 cm³/mol. The minimum Gasteiger partial charge on any atom is -0.482 e. The van der Waals surface area contributed by atoms with Gasteiger partial charge in [-0.1, -0.05) is 17.7 Å². The summed E-state index contributed by atoms with van der Waals surface area (Å²) in [4.78, 5) is 1.03. The minimum absolute atomic E-state index is 0.122. The van der Waals surface area contributed by atoms with Gasteiger partial charge in [-0.05, 0) is 59.6 Å². The Morgan fingerprint density at radius 2 is 2.05 bits per heavy atom. The fourth-order valence-electron chi connectivity index (χ4n) is 1.74. The van der Waals surface area contributed by atoms with Crippen molar-refractivity contribution in [3.05, 3.63) is 49.6 Å². The molecule has 102 valence electrons. The van der Waals surface area contributed by atoms with Gasteiger partial charge in [-0.2, -0.15) is 0 Å². The fourth-order valence-corrected chi connectivity index (χ4v) is 3.54. The van der Waals surface area contributed by atoms with Crippen LogP contribution in [0.25, 0.3) is 0 Å². The molecule has 0 amide bonds. The van der Waals surface area contributed by atoms with Crippen molar-refractivity contribution in [3.63, 3.8) is 0 Å². The molecule has 0 aliphatic carbocycles. The first-order valence-electron chi connectivity index (χ1n) is 5.91. The molecule has 2 nitrogen and oxygen atoms in total. The van der Waals surface area contributed by atoms with E-state index in [0.29, 0.717) is 0 Å². The molecule has 0 saturated heterocycles. The van der Waals surface area contributed by atoms with Crippen molar-refractivity contribution in [2.75, 3.05) is 0 Å². The van der Waals surface area contributed by atoms with Crippen LogP contribution < -0.4 is 10.5 Å². The number of halogens is 2. The van der Waals surface area contributed by atoms with Crippen molar-refractivity contribution in [2.24, 2.45) is 5.73 Å². The van der Waals surface area contributed by atoms with Crippen LogP contribution in [0.15, 0.2) is 34.8 Å². The molecule has 2 aromatic rings. The van der Waals surface area contributed by atoms with Crippen molar-refractivity contribution < 1.29 is 4.74 Å². The van der Waals surface area contributed by atoms with Gasteiger partial charge in [0.25, 0.3) is 0 Å². The third-order valence-corrected chi connectivity index (χ3v) is 4.61. The van der Waals surface area contributed by atoms with Crippen molar-refractivity contribution in [3.8, 4) is 5.75 Å². The van der Waals surface area contributed by atoms with Gasteiger partial charge in [-0.15, -0.1) is 11.3 Å². The van der Waals surface area contributed by atoms with Crippen LogP contribution in [-0.2, 0) is 0 Å². The van der Waals surface area contributed by atoms with E-state index < -0.39 is 0 Å². The summed E-state index contributed by atoms with van der Waals surface area (Å²) in [5, 5.41) is 0. The lowest BCUT2D eigenvalue weighted by Gasteiger charge is -2.22. The molecule has 2 rings (SSSR count). The van der Waals surface area contributed by atoms with E-state index in [0.717, 1.165) is 19.4 Å². The van der Waals surface area contributed by atoms with E-state index >= 15 is 0 Å². The third kappa shape index (κ3) is 3.72. The van der Waals surface area contributed by atoms with E-state index in [1.807, 2.05) is 44.2 Å². The van der Waals surface area contributed by atoms with Crippen LogP contribution in [0.3, 0.4) is 0 Å². The monoisotopic (exact) mass is 359 g/mol. The van der Waals surface area contributed by atoms with E-state index in [1.54, 1.807) is 0 Å². The van der Waals surface area contributed by atoms with Crippen molar-refractivity contribution in [1.29, 1.82) is 0 Å². The second kappa shape index (κ2) is 6.27. The summed E-state index contributed by atoms with van der Waals surface area (Å²) in [6.07, 6.45) is -0.198. The lowest BCUT2D eigenvalue weighted by Crippen LogP contribution is -2.28. The molecule has 0 bridgehead atoms. The maximum absolute atomic E-state index is 6.04. The lowest BCUT2D eigenvalue weighted by molar-refractivity contribution is 0.183. The summed E-state index contributed by atoms with van der Waals surface area (Å²) in [5.74, 6) is 0.789. The Morgan fingerprint density at radius 3 is 2.58 bits per heavy atom. The molecule has 0 aliphatic rings. The highest BCUT2D eigenvalue weighted by atomic mass is 79.9. The largest absolute Gasteiger partial charge is 0.482 e. The van der Waals surface area contributed by atoms with Crippen LogP contribution in [0.2, 0.25) is 4.34 Å². The molecule has 1 aromatic heterocycles. The first-order valence-corrected chi connectivity index (χ1v) is 7.89. The van der Waals surface area contributed by atoms with Crippen LogP contribution in [0.5, 0.6) is 5.75 Å². The van der Waals surface area contributed by atoms with Gasteiger partial charge in [-0.3, -0.25) is 0 Å². The van der Waals surface area contributed by atoms with Gasteiger partial charge < -0.3 is 10.5 Å². The number of hydrogen-bond donors (Lipinski definition) is 1. The summed E-state index contributed by atoms with van der Waals surface area (Å²) in [6, 6.07) is 9.69. The molecule has 2 atom stereocenters. The SMILES string of the molecule is Cc1ccc(OC(c2ccc(Cl)s2)C(C)N)c(Br)c1. The maximum Gasteiger partial charge on any atom is 0.148 e. The van der Waals surface area contributed by atoms with Gasteiger partial charge in [0.15, 0.2) is 0 Å². The Kier molecular flexibility index (Phi) is 4.90. The summed E-state index contributed by atoms with van der Waals surface area (Å²) in [7, 11) is 0. The Hall–Kier alpha value is -0.550. The predicted octanol–water partition coefficient (Wildman–Crippen LogP) is 4.94. The zero-order valence-electron chi connectivity index (χ0n) is 10.7. The zero-order valence-corrected chi connectivity index (χ0v) is 13.8. The quantitative estimate of drug-likeness (QED) is 0.838. The lowest BCUT2D eigenvalue weighted by atomic mass is 10.1. The highest BCUT2D eigenvalue weighted by Crippen LogP contribution is 2.34. The maximum atomic E-state index is 6.04. The first kappa shape index (κ1) is 14.9. The summed E-state index contributed by atoms with van der Waals surface area (Å²) >= 11 is 11.0. The van der Waals surface area contributed by atoms with Gasteiger partial charge in [0.05, 0.1) is 8.81 Å². The van der Waals surface area contributed by atoms with E-state index in [4.69, 9.17) is 22.1 Å². The van der Waals surface area contributed by atoms with Crippen LogP contribution in [0.1, 0.15) is 23.5 Å². The molecule has 0 aliphatic heterocycles. The highest BCUT2D eigenvalue weighted by molar-refractivity contribution is 9.10. The molecule has 0 radical (unpaired) electrons. The number of nitrogens with two attached hydrogens (primary N) is 1. The van der Waals surface area contributed by atoms with Crippen LogP contribution in [0, 0.1) is 6.92 Å². The van der Waals surface area contributed by atoms with Crippen molar-refractivity contribution >= 4 is 38.9 Å². The van der Waals surface area contributed by atoms with Gasteiger partial charge in [0.2, 0.25) is 0 Å². The van der Waals surface area contributed by atoms with E-state index in [1.165, 1.54) is 16.9 Å². The minimum atomic E-state index is -0.198. The molecule has 1 aromatic carbocycles. The van der Waals surface area contributed by atoms with Gasteiger partial charge in [0, 0.05) is 10.9 Å². The molecule has 1 heterocycles. The van der Waals surface area contributed by atoms with Crippen LogP contribution in [0.4, 0.5) is 0 Å². The summed E-state index contributed by atoms with van der Waals surface area (Å²) in [5.41, 5.74) is 7.21. The normalized spacial score (nSPS) is 14.2. The topological polar surface area (TPSA) is 35.2 Å². The van der Waals surface area contributed by atoms with Gasteiger partial charge in [0.1, 0.15) is 11.9 Å². The average Bonchev–Trinajstić information content (AvgIpc) is 2.74. The molecule has 0 fully saturated rings. The van der Waals surface area contributed by atoms with E-state index in [2.05, 4.69) is 15.9 Å². The second-order valence-corrected chi connectivity index (χ2v) is 7.07. The number of rotatable bonds is 4. The molecule has 2 unspecified atom stereocenters. The van der Waals surface area contributed by atoms with E-state index in [-0.39, 0.29) is 12.1 Å². The molecule has 0 spiro atoms.